The van der Waals surface area contributed by atoms with Crippen molar-refractivity contribution in [1.82, 2.24) is 5.16 Å². The molecule has 0 aliphatic carbocycles. The molecular formula is C14H17N3O3S. The molecule has 0 atom stereocenters. The molecule has 0 fully saturated rings. The van der Waals surface area contributed by atoms with Crippen molar-refractivity contribution in [3.8, 4) is 0 Å². The summed E-state index contributed by atoms with van der Waals surface area (Å²) in [7, 11) is -3.68. The Morgan fingerprint density at radius 1 is 1.33 bits per heavy atom. The van der Waals surface area contributed by atoms with E-state index in [-0.39, 0.29) is 10.8 Å². The van der Waals surface area contributed by atoms with Gasteiger partial charge in [0.1, 0.15) is 0 Å². The number of aryl methyl sites for hydroxylation is 2. The van der Waals surface area contributed by atoms with E-state index < -0.39 is 10.0 Å². The van der Waals surface area contributed by atoms with Crippen LogP contribution in [0.3, 0.4) is 0 Å². The molecule has 2 heterocycles. The normalized spacial score (nSPS) is 14.4. The minimum absolute atomic E-state index is 0.165. The van der Waals surface area contributed by atoms with E-state index >= 15 is 0 Å². The molecule has 1 aromatic heterocycles. The summed E-state index contributed by atoms with van der Waals surface area (Å²) in [6, 6.07) is 5.14. The second-order valence-corrected chi connectivity index (χ2v) is 6.86. The molecule has 1 aromatic carbocycles. The molecule has 6 nitrogen and oxygen atoms in total. The van der Waals surface area contributed by atoms with Gasteiger partial charge in [0.25, 0.3) is 10.0 Å². The highest BCUT2D eigenvalue weighted by atomic mass is 32.2. The molecule has 0 radical (unpaired) electrons. The maximum Gasteiger partial charge on any atom is 0.264 e. The molecular weight excluding hydrogens is 290 g/mol. The number of benzene rings is 1. The highest BCUT2D eigenvalue weighted by Crippen LogP contribution is 2.27. The lowest BCUT2D eigenvalue weighted by molar-refractivity contribution is 0.430. The summed E-state index contributed by atoms with van der Waals surface area (Å²) in [4.78, 5) is 0.212. The number of fused-ring (bicyclic) bond motifs is 1. The number of nitrogens with zero attached hydrogens (tertiary/aromatic N) is 1. The molecule has 0 amide bonds. The molecule has 1 aliphatic heterocycles. The molecule has 0 spiro atoms. The van der Waals surface area contributed by atoms with Crippen molar-refractivity contribution < 1.29 is 12.9 Å². The minimum Gasteiger partial charge on any atom is -0.385 e. The Balaban J connectivity index is 1.93. The largest absolute Gasteiger partial charge is 0.385 e. The monoisotopic (exact) mass is 307 g/mol. The number of sulfonamides is 1. The van der Waals surface area contributed by atoms with Crippen molar-refractivity contribution in [2.24, 2.45) is 0 Å². The molecule has 0 saturated heterocycles. The van der Waals surface area contributed by atoms with Crippen LogP contribution < -0.4 is 10.0 Å². The standard InChI is InChI=1S/C14H17N3O3S/c1-9-10(2)16-20-14(9)17-21(18,19)12-6-5-11-4-3-7-15-13(11)8-12/h5-6,8,15,17H,3-4,7H2,1-2H3. The van der Waals surface area contributed by atoms with Gasteiger partial charge in [0.15, 0.2) is 0 Å². The third-order valence-electron chi connectivity index (χ3n) is 3.71. The molecule has 2 aromatic rings. The van der Waals surface area contributed by atoms with Gasteiger partial charge in [-0.25, -0.2) is 13.1 Å². The first-order valence-corrected chi connectivity index (χ1v) is 8.28. The number of aromatic nitrogens is 1. The molecule has 0 unspecified atom stereocenters. The van der Waals surface area contributed by atoms with Crippen molar-refractivity contribution in [3.05, 3.63) is 35.0 Å². The van der Waals surface area contributed by atoms with Gasteiger partial charge in [0, 0.05) is 17.8 Å². The second-order valence-electron chi connectivity index (χ2n) is 5.18. The van der Waals surface area contributed by atoms with E-state index in [0.717, 1.165) is 30.6 Å². The predicted molar refractivity (Wildman–Crippen MR) is 80.0 cm³/mol. The third-order valence-corrected chi connectivity index (χ3v) is 5.04. The van der Waals surface area contributed by atoms with Crippen molar-refractivity contribution in [1.29, 1.82) is 0 Å². The van der Waals surface area contributed by atoms with Gasteiger partial charge in [-0.1, -0.05) is 11.2 Å². The zero-order valence-electron chi connectivity index (χ0n) is 11.9. The lowest BCUT2D eigenvalue weighted by Gasteiger charge is -2.18. The molecule has 0 bridgehead atoms. The summed E-state index contributed by atoms with van der Waals surface area (Å²) < 4.78 is 32.3. The van der Waals surface area contributed by atoms with E-state index in [1.165, 1.54) is 0 Å². The van der Waals surface area contributed by atoms with Gasteiger partial charge in [-0.15, -0.1) is 0 Å². The first-order chi connectivity index (χ1) is 9.97. The third kappa shape index (κ3) is 2.61. The first-order valence-electron chi connectivity index (χ1n) is 6.80. The number of hydrogen-bond donors (Lipinski definition) is 2. The van der Waals surface area contributed by atoms with Crippen LogP contribution in [-0.2, 0) is 16.4 Å². The zero-order valence-corrected chi connectivity index (χ0v) is 12.8. The highest BCUT2D eigenvalue weighted by Gasteiger charge is 2.21. The smallest absolute Gasteiger partial charge is 0.264 e. The maximum atomic E-state index is 12.4. The van der Waals surface area contributed by atoms with Crippen molar-refractivity contribution in [3.63, 3.8) is 0 Å². The van der Waals surface area contributed by atoms with Crippen LogP contribution in [0, 0.1) is 13.8 Å². The Hall–Kier alpha value is -2.02. The molecule has 2 N–H and O–H groups in total. The van der Waals surface area contributed by atoms with Crippen molar-refractivity contribution in [2.45, 2.75) is 31.6 Å². The summed E-state index contributed by atoms with van der Waals surface area (Å²) in [6.45, 7) is 4.39. The van der Waals surface area contributed by atoms with Crippen LogP contribution in [0.15, 0.2) is 27.6 Å². The number of rotatable bonds is 3. The van der Waals surface area contributed by atoms with Gasteiger partial charge in [0.05, 0.1) is 10.6 Å². The Kier molecular flexibility index (Phi) is 3.36. The fourth-order valence-electron chi connectivity index (χ4n) is 2.30. The Morgan fingerprint density at radius 2 is 2.14 bits per heavy atom. The summed E-state index contributed by atoms with van der Waals surface area (Å²) in [5.41, 5.74) is 3.39. The van der Waals surface area contributed by atoms with Gasteiger partial charge in [-0.3, -0.25) is 0 Å². The summed E-state index contributed by atoms with van der Waals surface area (Å²) >= 11 is 0. The Bertz CT molecular complexity index is 781. The van der Waals surface area contributed by atoms with E-state index in [2.05, 4.69) is 15.2 Å². The highest BCUT2D eigenvalue weighted by molar-refractivity contribution is 7.92. The lowest BCUT2D eigenvalue weighted by Crippen LogP contribution is -2.16. The van der Waals surface area contributed by atoms with Crippen molar-refractivity contribution >= 4 is 21.6 Å². The van der Waals surface area contributed by atoms with Gasteiger partial charge in [-0.05, 0) is 44.4 Å². The first kappa shape index (κ1) is 13.9. The summed E-state index contributed by atoms with van der Waals surface area (Å²) in [5.74, 6) is 0.165. The van der Waals surface area contributed by atoms with Crippen LogP contribution >= 0.6 is 0 Å². The van der Waals surface area contributed by atoms with E-state index in [4.69, 9.17) is 4.52 Å². The van der Waals surface area contributed by atoms with Crippen molar-refractivity contribution in [2.75, 3.05) is 16.6 Å². The van der Waals surface area contributed by atoms with E-state index in [1.807, 2.05) is 6.07 Å². The minimum atomic E-state index is -3.68. The average molecular weight is 307 g/mol. The van der Waals surface area contributed by atoms with Gasteiger partial charge in [0.2, 0.25) is 5.88 Å². The van der Waals surface area contributed by atoms with Crippen LogP contribution in [0.2, 0.25) is 0 Å². The zero-order chi connectivity index (χ0) is 15.0. The summed E-state index contributed by atoms with van der Waals surface area (Å²) in [6.07, 6.45) is 2.03. The van der Waals surface area contributed by atoms with Crippen LogP contribution in [0.5, 0.6) is 0 Å². The summed E-state index contributed by atoms with van der Waals surface area (Å²) in [5, 5.41) is 6.98. The van der Waals surface area contributed by atoms with Crippen LogP contribution in [0.25, 0.3) is 0 Å². The van der Waals surface area contributed by atoms with E-state index in [1.54, 1.807) is 26.0 Å². The molecule has 21 heavy (non-hydrogen) atoms. The number of hydrogen-bond acceptors (Lipinski definition) is 5. The fraction of sp³-hybridized carbons (Fsp3) is 0.357. The molecule has 1 aliphatic rings. The van der Waals surface area contributed by atoms with Crippen LogP contribution in [-0.4, -0.2) is 20.1 Å². The Morgan fingerprint density at radius 3 is 2.86 bits per heavy atom. The van der Waals surface area contributed by atoms with E-state index in [9.17, 15) is 8.42 Å². The van der Waals surface area contributed by atoms with Crippen LogP contribution in [0.4, 0.5) is 11.6 Å². The maximum absolute atomic E-state index is 12.4. The van der Waals surface area contributed by atoms with Gasteiger partial charge in [-0.2, -0.15) is 0 Å². The lowest BCUT2D eigenvalue weighted by atomic mass is 10.0. The number of anilines is 2. The predicted octanol–water partition coefficient (Wildman–Crippen LogP) is 2.45. The fourth-order valence-corrected chi connectivity index (χ4v) is 3.37. The molecule has 7 heteroatoms. The average Bonchev–Trinajstić information content (AvgIpc) is 2.78. The van der Waals surface area contributed by atoms with Gasteiger partial charge < -0.3 is 9.84 Å². The Labute approximate surface area is 123 Å². The number of nitrogens with one attached hydrogen (secondary N) is 2. The SMILES string of the molecule is Cc1noc(NS(=O)(=O)c2ccc3c(c2)NCCC3)c1C. The molecule has 0 saturated carbocycles. The molecule has 112 valence electrons. The van der Waals surface area contributed by atoms with Crippen LogP contribution in [0.1, 0.15) is 23.2 Å². The van der Waals surface area contributed by atoms with E-state index in [0.29, 0.717) is 11.3 Å². The quantitative estimate of drug-likeness (QED) is 0.910. The molecule has 3 rings (SSSR count). The second kappa shape index (κ2) is 5.07. The topological polar surface area (TPSA) is 84.2 Å². The van der Waals surface area contributed by atoms with Gasteiger partial charge >= 0.3 is 0 Å².